The molecule has 0 aliphatic rings. The molecule has 6 nitrogen and oxygen atoms in total. The fourth-order valence-electron chi connectivity index (χ4n) is 1.96. The maximum absolute atomic E-state index is 10.9. The van der Waals surface area contributed by atoms with E-state index in [-0.39, 0.29) is 12.3 Å². The van der Waals surface area contributed by atoms with Gasteiger partial charge in [0, 0.05) is 5.69 Å². The summed E-state index contributed by atoms with van der Waals surface area (Å²) in [4.78, 5) is 15.2. The molecule has 0 bridgehead atoms. The van der Waals surface area contributed by atoms with E-state index in [1.807, 2.05) is 42.5 Å². The molecule has 1 amide bonds. The summed E-state index contributed by atoms with van der Waals surface area (Å²) in [5, 5.41) is 7.47. The molecule has 0 aliphatic heterocycles. The molecular weight excluding hydrogens is 334 g/mol. The zero-order valence-electron chi connectivity index (χ0n) is 11.0. The van der Waals surface area contributed by atoms with E-state index in [4.69, 9.17) is 5.73 Å². The Kier molecular flexibility index (Phi) is 3.57. The highest BCUT2D eigenvalue weighted by atomic mass is 79.9. The van der Waals surface area contributed by atoms with Crippen molar-refractivity contribution in [3.8, 4) is 0 Å². The van der Waals surface area contributed by atoms with Gasteiger partial charge >= 0.3 is 0 Å². The van der Waals surface area contributed by atoms with Crippen molar-refractivity contribution in [1.82, 2.24) is 14.6 Å². The molecular formula is C14H12BrN5O. The van der Waals surface area contributed by atoms with Crippen LogP contribution in [0, 0.1) is 0 Å². The first-order valence-electron chi connectivity index (χ1n) is 6.27. The second-order valence-electron chi connectivity index (χ2n) is 4.52. The lowest BCUT2D eigenvalue weighted by molar-refractivity contribution is -0.117. The van der Waals surface area contributed by atoms with Gasteiger partial charge < -0.3 is 11.1 Å². The number of fused-ring (bicyclic) bond motifs is 1. The Labute approximate surface area is 129 Å². The van der Waals surface area contributed by atoms with Gasteiger partial charge in [-0.3, -0.25) is 4.79 Å². The van der Waals surface area contributed by atoms with Crippen molar-refractivity contribution in [2.45, 2.75) is 6.42 Å². The van der Waals surface area contributed by atoms with Gasteiger partial charge in [0.15, 0.2) is 5.65 Å². The molecule has 2 heterocycles. The van der Waals surface area contributed by atoms with Crippen molar-refractivity contribution in [3.05, 3.63) is 52.6 Å². The smallest absolute Gasteiger partial charge is 0.247 e. The van der Waals surface area contributed by atoms with Crippen LogP contribution >= 0.6 is 15.9 Å². The number of benzene rings is 1. The van der Waals surface area contributed by atoms with Crippen molar-refractivity contribution >= 4 is 39.1 Å². The lowest BCUT2D eigenvalue weighted by Crippen LogP contribution is -2.13. The number of nitrogens with one attached hydrogen (secondary N) is 1. The largest absolute Gasteiger partial charge is 0.369 e. The summed E-state index contributed by atoms with van der Waals surface area (Å²) in [6.45, 7) is 0. The number of hydrogen-bond donors (Lipinski definition) is 2. The van der Waals surface area contributed by atoms with Gasteiger partial charge in [-0.05, 0) is 45.8 Å². The average molecular weight is 346 g/mol. The number of primary amides is 1. The molecule has 0 radical (unpaired) electrons. The summed E-state index contributed by atoms with van der Waals surface area (Å²) < 4.78 is 2.53. The standard InChI is InChI=1S/C14H12BrN5O/c15-11-2-1-3-13-18-14(19-20(11)13)17-10-6-4-9(5-7-10)8-12(16)21/h1-7H,8H2,(H2,16,21)(H,17,19). The number of pyridine rings is 1. The molecule has 0 fully saturated rings. The fraction of sp³-hybridized carbons (Fsp3) is 0.0714. The molecule has 3 aromatic rings. The number of carbonyl (C=O) groups is 1. The molecule has 0 atom stereocenters. The van der Waals surface area contributed by atoms with E-state index in [2.05, 4.69) is 31.3 Å². The molecule has 0 unspecified atom stereocenters. The third-order valence-electron chi connectivity index (χ3n) is 2.90. The molecule has 0 spiro atoms. The van der Waals surface area contributed by atoms with Crippen LogP contribution in [0.25, 0.3) is 5.65 Å². The van der Waals surface area contributed by atoms with Crippen LogP contribution in [0.4, 0.5) is 11.6 Å². The number of anilines is 2. The van der Waals surface area contributed by atoms with Crippen LogP contribution in [0.15, 0.2) is 47.1 Å². The van der Waals surface area contributed by atoms with Gasteiger partial charge in [0.2, 0.25) is 11.9 Å². The van der Waals surface area contributed by atoms with E-state index in [1.54, 1.807) is 4.52 Å². The van der Waals surface area contributed by atoms with Crippen molar-refractivity contribution < 1.29 is 4.79 Å². The molecule has 0 aliphatic carbocycles. The van der Waals surface area contributed by atoms with Gasteiger partial charge in [-0.1, -0.05) is 18.2 Å². The molecule has 2 aromatic heterocycles. The summed E-state index contributed by atoms with van der Waals surface area (Å²) in [5.74, 6) is 0.159. The first-order valence-corrected chi connectivity index (χ1v) is 7.07. The van der Waals surface area contributed by atoms with Crippen LogP contribution in [-0.4, -0.2) is 20.5 Å². The number of rotatable bonds is 4. The van der Waals surface area contributed by atoms with Crippen LogP contribution in [0.2, 0.25) is 0 Å². The Morgan fingerprint density at radius 2 is 2.00 bits per heavy atom. The van der Waals surface area contributed by atoms with Gasteiger partial charge in [0.1, 0.15) is 4.60 Å². The minimum atomic E-state index is -0.345. The molecule has 1 aromatic carbocycles. The average Bonchev–Trinajstić information content (AvgIpc) is 2.84. The predicted molar refractivity (Wildman–Crippen MR) is 83.3 cm³/mol. The quantitative estimate of drug-likeness (QED) is 0.710. The summed E-state index contributed by atoms with van der Waals surface area (Å²) in [6, 6.07) is 13.1. The zero-order valence-corrected chi connectivity index (χ0v) is 12.5. The van der Waals surface area contributed by atoms with E-state index >= 15 is 0 Å². The minimum Gasteiger partial charge on any atom is -0.369 e. The molecule has 106 valence electrons. The second-order valence-corrected chi connectivity index (χ2v) is 5.33. The zero-order chi connectivity index (χ0) is 14.8. The van der Waals surface area contributed by atoms with Gasteiger partial charge in [0.25, 0.3) is 0 Å². The van der Waals surface area contributed by atoms with Crippen LogP contribution in [0.1, 0.15) is 5.56 Å². The number of aromatic nitrogens is 3. The summed E-state index contributed by atoms with van der Waals surface area (Å²) >= 11 is 3.42. The topological polar surface area (TPSA) is 85.3 Å². The maximum atomic E-state index is 10.9. The van der Waals surface area contributed by atoms with Crippen molar-refractivity contribution in [3.63, 3.8) is 0 Å². The lowest BCUT2D eigenvalue weighted by Gasteiger charge is -2.03. The Bertz CT molecular complexity index is 797. The number of amides is 1. The highest BCUT2D eigenvalue weighted by Crippen LogP contribution is 2.17. The lowest BCUT2D eigenvalue weighted by atomic mass is 10.1. The van der Waals surface area contributed by atoms with Crippen molar-refractivity contribution in [2.24, 2.45) is 5.73 Å². The van der Waals surface area contributed by atoms with E-state index in [1.165, 1.54) is 0 Å². The fourth-order valence-corrected chi connectivity index (χ4v) is 2.38. The van der Waals surface area contributed by atoms with Gasteiger partial charge in [-0.15, -0.1) is 5.10 Å². The highest BCUT2D eigenvalue weighted by molar-refractivity contribution is 9.10. The maximum Gasteiger partial charge on any atom is 0.247 e. The predicted octanol–water partition coefficient (Wildman–Crippen LogP) is 2.26. The van der Waals surface area contributed by atoms with Gasteiger partial charge in [0.05, 0.1) is 6.42 Å². The molecule has 3 N–H and O–H groups in total. The van der Waals surface area contributed by atoms with E-state index in [9.17, 15) is 4.79 Å². The third kappa shape index (κ3) is 3.03. The van der Waals surface area contributed by atoms with Crippen molar-refractivity contribution in [1.29, 1.82) is 0 Å². The number of halogens is 1. The monoisotopic (exact) mass is 345 g/mol. The number of nitrogens with zero attached hydrogens (tertiary/aromatic N) is 3. The third-order valence-corrected chi connectivity index (χ3v) is 3.50. The number of nitrogens with two attached hydrogens (primary N) is 1. The molecule has 0 saturated heterocycles. The van der Waals surface area contributed by atoms with E-state index in [0.29, 0.717) is 5.95 Å². The van der Waals surface area contributed by atoms with E-state index < -0.39 is 0 Å². The Morgan fingerprint density at radius 1 is 1.24 bits per heavy atom. The number of carbonyl (C=O) groups excluding carboxylic acids is 1. The van der Waals surface area contributed by atoms with Crippen molar-refractivity contribution in [2.75, 3.05) is 5.32 Å². The molecule has 21 heavy (non-hydrogen) atoms. The van der Waals surface area contributed by atoms with Crippen LogP contribution in [0.3, 0.4) is 0 Å². The Hall–Kier alpha value is -2.41. The van der Waals surface area contributed by atoms with E-state index in [0.717, 1.165) is 21.5 Å². The Balaban J connectivity index is 1.81. The second kappa shape index (κ2) is 5.53. The molecule has 3 rings (SSSR count). The molecule has 7 heteroatoms. The summed E-state index contributed by atoms with van der Waals surface area (Å²) in [6.07, 6.45) is 0.236. The first kappa shape index (κ1) is 13.6. The summed E-state index contributed by atoms with van der Waals surface area (Å²) in [5.41, 5.74) is 7.63. The first-order chi connectivity index (χ1) is 10.1. The highest BCUT2D eigenvalue weighted by Gasteiger charge is 2.06. The van der Waals surface area contributed by atoms with Gasteiger partial charge in [-0.2, -0.15) is 4.98 Å². The van der Waals surface area contributed by atoms with Crippen LogP contribution in [-0.2, 0) is 11.2 Å². The Morgan fingerprint density at radius 3 is 2.67 bits per heavy atom. The summed E-state index contributed by atoms with van der Waals surface area (Å²) in [7, 11) is 0. The SMILES string of the molecule is NC(=O)Cc1ccc(Nc2nc3cccc(Br)n3n2)cc1. The number of hydrogen-bond acceptors (Lipinski definition) is 4. The van der Waals surface area contributed by atoms with Crippen LogP contribution in [0.5, 0.6) is 0 Å². The molecule has 0 saturated carbocycles. The van der Waals surface area contributed by atoms with Crippen LogP contribution < -0.4 is 11.1 Å². The normalized spacial score (nSPS) is 10.7. The van der Waals surface area contributed by atoms with Gasteiger partial charge in [-0.25, -0.2) is 4.52 Å². The minimum absolute atomic E-state index is 0.236.